The Morgan fingerprint density at radius 2 is 1.86 bits per heavy atom. The van der Waals surface area contributed by atoms with Crippen molar-refractivity contribution in [1.29, 1.82) is 0 Å². The summed E-state index contributed by atoms with van der Waals surface area (Å²) in [6, 6.07) is 9.36. The van der Waals surface area contributed by atoms with Crippen molar-refractivity contribution in [3.05, 3.63) is 68.5 Å². The molecule has 2 rings (SSSR count). The standard InChI is InChI=1S/C15H15ClN2O3/c16-7-4-8-18-14(20)13(11-19)10-17(15(18)21)9-12-5-2-1-3-6-12/h1-3,5-6,10-11H,4,7-9H2. The molecule has 1 aromatic heterocycles. The number of halogens is 1. The first kappa shape index (κ1) is 15.3. The van der Waals surface area contributed by atoms with Gasteiger partial charge in [-0.15, -0.1) is 11.6 Å². The molecule has 0 aliphatic rings. The predicted octanol–water partition coefficient (Wildman–Crippen LogP) is 1.50. The van der Waals surface area contributed by atoms with Crippen LogP contribution in [0.15, 0.2) is 46.1 Å². The highest BCUT2D eigenvalue weighted by atomic mass is 35.5. The summed E-state index contributed by atoms with van der Waals surface area (Å²) in [5.41, 5.74) is -0.108. The molecule has 0 spiro atoms. The van der Waals surface area contributed by atoms with Crippen LogP contribution in [0.1, 0.15) is 22.3 Å². The van der Waals surface area contributed by atoms with Gasteiger partial charge in [-0.25, -0.2) is 4.79 Å². The van der Waals surface area contributed by atoms with Crippen LogP contribution in [0.25, 0.3) is 0 Å². The number of hydrogen-bond acceptors (Lipinski definition) is 3. The lowest BCUT2D eigenvalue weighted by molar-refractivity contribution is 0.112. The van der Waals surface area contributed by atoms with Gasteiger partial charge in [-0.2, -0.15) is 0 Å². The Morgan fingerprint density at radius 1 is 1.14 bits per heavy atom. The van der Waals surface area contributed by atoms with Crippen LogP contribution in [0.2, 0.25) is 0 Å². The lowest BCUT2D eigenvalue weighted by Gasteiger charge is -2.11. The van der Waals surface area contributed by atoms with Crippen LogP contribution < -0.4 is 11.2 Å². The second-order valence-electron chi connectivity index (χ2n) is 4.60. The number of carbonyl (C=O) groups is 1. The van der Waals surface area contributed by atoms with Crippen LogP contribution in [0.4, 0.5) is 0 Å². The quantitative estimate of drug-likeness (QED) is 0.600. The molecule has 0 saturated carbocycles. The van der Waals surface area contributed by atoms with Crippen LogP contribution >= 0.6 is 11.6 Å². The number of rotatable bonds is 6. The molecule has 0 aliphatic carbocycles. The van der Waals surface area contributed by atoms with Crippen molar-refractivity contribution in [2.75, 3.05) is 5.88 Å². The second-order valence-corrected chi connectivity index (χ2v) is 4.98. The third-order valence-corrected chi connectivity index (χ3v) is 3.37. The van der Waals surface area contributed by atoms with Crippen LogP contribution in [0.3, 0.4) is 0 Å². The lowest BCUT2D eigenvalue weighted by Crippen LogP contribution is -2.41. The average molecular weight is 307 g/mol. The molecule has 0 saturated heterocycles. The molecular weight excluding hydrogens is 292 g/mol. The largest absolute Gasteiger partial charge is 0.331 e. The van der Waals surface area contributed by atoms with E-state index in [-0.39, 0.29) is 12.1 Å². The Morgan fingerprint density at radius 3 is 2.48 bits per heavy atom. The van der Waals surface area contributed by atoms with Gasteiger partial charge >= 0.3 is 5.69 Å². The molecule has 6 heteroatoms. The van der Waals surface area contributed by atoms with Crippen molar-refractivity contribution in [3.8, 4) is 0 Å². The Bertz CT molecular complexity index is 735. The van der Waals surface area contributed by atoms with Gasteiger partial charge in [0.2, 0.25) is 0 Å². The van der Waals surface area contributed by atoms with Crippen molar-refractivity contribution in [2.45, 2.75) is 19.5 Å². The van der Waals surface area contributed by atoms with E-state index in [2.05, 4.69) is 0 Å². The Hall–Kier alpha value is -2.14. The smallest absolute Gasteiger partial charge is 0.298 e. The first-order chi connectivity index (χ1) is 10.2. The number of nitrogens with zero attached hydrogens (tertiary/aromatic N) is 2. The van der Waals surface area contributed by atoms with E-state index < -0.39 is 11.2 Å². The molecule has 0 atom stereocenters. The van der Waals surface area contributed by atoms with E-state index in [9.17, 15) is 14.4 Å². The average Bonchev–Trinajstić information content (AvgIpc) is 2.51. The summed E-state index contributed by atoms with van der Waals surface area (Å²) in [5, 5.41) is 0. The first-order valence-corrected chi connectivity index (χ1v) is 7.10. The van der Waals surface area contributed by atoms with Gasteiger partial charge in [0.15, 0.2) is 6.29 Å². The molecule has 21 heavy (non-hydrogen) atoms. The number of hydrogen-bond donors (Lipinski definition) is 0. The number of benzene rings is 1. The topological polar surface area (TPSA) is 61.1 Å². The summed E-state index contributed by atoms with van der Waals surface area (Å²) in [5.74, 6) is 0.343. The molecule has 0 bridgehead atoms. The molecule has 2 aromatic rings. The van der Waals surface area contributed by atoms with Gasteiger partial charge in [0.25, 0.3) is 5.56 Å². The van der Waals surface area contributed by atoms with Crippen LogP contribution in [0, 0.1) is 0 Å². The third kappa shape index (κ3) is 3.49. The number of aromatic nitrogens is 2. The number of aldehydes is 1. The highest BCUT2D eigenvalue weighted by Crippen LogP contribution is 2.00. The lowest BCUT2D eigenvalue weighted by atomic mass is 10.2. The molecule has 0 fully saturated rings. The van der Waals surface area contributed by atoms with E-state index in [1.807, 2.05) is 30.3 Å². The third-order valence-electron chi connectivity index (χ3n) is 3.10. The summed E-state index contributed by atoms with van der Waals surface area (Å²) in [4.78, 5) is 35.4. The van der Waals surface area contributed by atoms with E-state index >= 15 is 0 Å². The van der Waals surface area contributed by atoms with Gasteiger partial charge < -0.3 is 0 Å². The van der Waals surface area contributed by atoms with Crippen molar-refractivity contribution in [1.82, 2.24) is 9.13 Å². The molecular formula is C15H15ClN2O3. The summed E-state index contributed by atoms with van der Waals surface area (Å²) in [7, 11) is 0. The fraction of sp³-hybridized carbons (Fsp3) is 0.267. The van der Waals surface area contributed by atoms with Crippen molar-refractivity contribution >= 4 is 17.9 Å². The summed E-state index contributed by atoms with van der Waals surface area (Å²) in [6.45, 7) is 0.513. The molecule has 110 valence electrons. The maximum atomic E-state index is 12.3. The zero-order chi connectivity index (χ0) is 15.2. The highest BCUT2D eigenvalue weighted by Gasteiger charge is 2.11. The molecule has 0 aliphatic heterocycles. The zero-order valence-corrected chi connectivity index (χ0v) is 12.1. The van der Waals surface area contributed by atoms with E-state index in [0.29, 0.717) is 25.1 Å². The Labute approximate surface area is 126 Å². The van der Waals surface area contributed by atoms with Crippen molar-refractivity contribution in [2.24, 2.45) is 0 Å². The van der Waals surface area contributed by atoms with Gasteiger partial charge in [-0.05, 0) is 12.0 Å². The molecule has 1 aromatic carbocycles. The second kappa shape index (κ2) is 7.04. The first-order valence-electron chi connectivity index (χ1n) is 6.56. The zero-order valence-electron chi connectivity index (χ0n) is 11.4. The normalized spacial score (nSPS) is 10.5. The SMILES string of the molecule is O=Cc1cn(Cc2ccccc2)c(=O)n(CCCCl)c1=O. The van der Waals surface area contributed by atoms with Crippen LogP contribution in [0.5, 0.6) is 0 Å². The maximum Gasteiger partial charge on any atom is 0.331 e. The Kier molecular flexibility index (Phi) is 5.11. The van der Waals surface area contributed by atoms with Crippen LogP contribution in [-0.4, -0.2) is 21.3 Å². The van der Waals surface area contributed by atoms with E-state index in [1.54, 1.807) is 0 Å². The maximum absolute atomic E-state index is 12.3. The van der Waals surface area contributed by atoms with E-state index in [4.69, 9.17) is 11.6 Å². The minimum Gasteiger partial charge on any atom is -0.298 e. The van der Waals surface area contributed by atoms with Gasteiger partial charge in [0, 0.05) is 18.6 Å². The summed E-state index contributed by atoms with van der Waals surface area (Å²) >= 11 is 5.61. The fourth-order valence-electron chi connectivity index (χ4n) is 2.07. The van der Waals surface area contributed by atoms with E-state index in [0.717, 1.165) is 10.1 Å². The molecule has 0 amide bonds. The summed E-state index contributed by atoms with van der Waals surface area (Å²) < 4.78 is 2.43. The molecule has 0 unspecified atom stereocenters. The van der Waals surface area contributed by atoms with Crippen molar-refractivity contribution < 1.29 is 4.79 Å². The minimum atomic E-state index is -0.565. The van der Waals surface area contributed by atoms with Gasteiger partial charge in [-0.1, -0.05) is 30.3 Å². The van der Waals surface area contributed by atoms with Crippen LogP contribution in [-0.2, 0) is 13.1 Å². The number of alkyl halides is 1. The van der Waals surface area contributed by atoms with Gasteiger partial charge in [-0.3, -0.25) is 18.7 Å². The summed E-state index contributed by atoms with van der Waals surface area (Å²) in [6.07, 6.45) is 2.27. The Balaban J connectivity index is 2.48. The highest BCUT2D eigenvalue weighted by molar-refractivity contribution is 6.17. The molecule has 0 radical (unpaired) electrons. The minimum absolute atomic E-state index is 0.0277. The fourth-order valence-corrected chi connectivity index (χ4v) is 2.18. The molecule has 0 N–H and O–H groups in total. The number of carbonyl (C=O) groups excluding carboxylic acids is 1. The predicted molar refractivity (Wildman–Crippen MR) is 81.2 cm³/mol. The van der Waals surface area contributed by atoms with Gasteiger partial charge in [0.05, 0.1) is 12.1 Å². The molecule has 1 heterocycles. The molecule has 5 nitrogen and oxygen atoms in total. The monoisotopic (exact) mass is 306 g/mol. The van der Waals surface area contributed by atoms with E-state index in [1.165, 1.54) is 10.8 Å². The van der Waals surface area contributed by atoms with Crippen molar-refractivity contribution in [3.63, 3.8) is 0 Å². The van der Waals surface area contributed by atoms with Gasteiger partial charge in [0.1, 0.15) is 0 Å².